The SMILES string of the molecule is CC(=O)O[C@H]1[C@@H](O[Si](C)(C)C(C)(C)C)[C@H](n2ccc(Nc3ccccc3)nc2=O)O[C@@H]1CO[Si](C)(C)C(C)(C)C. The van der Waals surface area contributed by atoms with Crippen molar-refractivity contribution in [1.29, 1.82) is 0 Å². The van der Waals surface area contributed by atoms with Gasteiger partial charge in [0, 0.05) is 18.8 Å². The largest absolute Gasteiger partial charge is 0.457 e. The number of carbonyl (C=O) groups is 1. The Hall–Kier alpha value is -2.32. The Morgan fingerprint density at radius 3 is 2.10 bits per heavy atom. The van der Waals surface area contributed by atoms with E-state index in [1.54, 1.807) is 12.3 Å². The van der Waals surface area contributed by atoms with Gasteiger partial charge in [0.1, 0.15) is 18.0 Å². The molecular weight excluding hydrogens is 543 g/mol. The predicted molar refractivity (Wildman–Crippen MR) is 163 cm³/mol. The molecule has 9 nitrogen and oxygen atoms in total. The monoisotopic (exact) mass is 589 g/mol. The molecule has 2 heterocycles. The van der Waals surface area contributed by atoms with Crippen LogP contribution in [-0.4, -0.2) is 57.1 Å². The molecule has 0 amide bonds. The molecular formula is C29H47N3O6Si2. The lowest BCUT2D eigenvalue weighted by Crippen LogP contribution is -2.51. The molecule has 1 fully saturated rings. The van der Waals surface area contributed by atoms with E-state index in [0.29, 0.717) is 5.82 Å². The maximum absolute atomic E-state index is 13.4. The van der Waals surface area contributed by atoms with Crippen LogP contribution in [0.25, 0.3) is 0 Å². The zero-order valence-corrected chi connectivity index (χ0v) is 27.9. The van der Waals surface area contributed by atoms with E-state index in [1.807, 2.05) is 30.3 Å². The minimum Gasteiger partial charge on any atom is -0.457 e. The van der Waals surface area contributed by atoms with Crippen molar-refractivity contribution in [2.24, 2.45) is 0 Å². The van der Waals surface area contributed by atoms with Gasteiger partial charge in [0.25, 0.3) is 0 Å². The van der Waals surface area contributed by atoms with Gasteiger partial charge in [-0.05, 0) is 54.5 Å². The first kappa shape index (κ1) is 32.2. The van der Waals surface area contributed by atoms with Crippen LogP contribution in [0, 0.1) is 0 Å². The molecule has 3 rings (SSSR count). The lowest BCUT2D eigenvalue weighted by Gasteiger charge is -2.40. The van der Waals surface area contributed by atoms with Gasteiger partial charge in [-0.3, -0.25) is 9.36 Å². The first-order chi connectivity index (χ1) is 18.3. The van der Waals surface area contributed by atoms with Crippen molar-refractivity contribution in [3.63, 3.8) is 0 Å². The van der Waals surface area contributed by atoms with Crippen LogP contribution in [0.1, 0.15) is 54.7 Å². The summed E-state index contributed by atoms with van der Waals surface area (Å²) in [5.41, 5.74) is 0.323. The van der Waals surface area contributed by atoms with Crippen LogP contribution in [0.15, 0.2) is 47.4 Å². The minimum atomic E-state index is -2.39. The molecule has 0 spiro atoms. The van der Waals surface area contributed by atoms with Crippen LogP contribution in [0.3, 0.4) is 0 Å². The average molecular weight is 590 g/mol. The summed E-state index contributed by atoms with van der Waals surface area (Å²) in [4.78, 5) is 29.9. The first-order valence-corrected chi connectivity index (χ1v) is 19.7. The Morgan fingerprint density at radius 2 is 1.57 bits per heavy atom. The molecule has 1 N–H and O–H groups in total. The van der Waals surface area contributed by atoms with Crippen molar-refractivity contribution < 1.29 is 23.1 Å². The number of esters is 1. The van der Waals surface area contributed by atoms with E-state index in [4.69, 9.17) is 18.3 Å². The quantitative estimate of drug-likeness (QED) is 0.271. The highest BCUT2D eigenvalue weighted by molar-refractivity contribution is 6.74. The standard InChI is InChI=1S/C29H47N3O6Si2/c1-20(33)36-24-22(19-35-39(8,9)28(2,3)4)37-26(25(24)38-40(10,11)29(5,6)7)32-18-17-23(31-27(32)34)30-21-15-13-12-14-16-21/h12-18,22,24-26H,19H2,1-11H3,(H,30,31,34)/t22-,24-,25-,26-/m1/s1. The average Bonchev–Trinajstić information content (AvgIpc) is 3.12. The van der Waals surface area contributed by atoms with Crippen molar-refractivity contribution in [1.82, 2.24) is 9.55 Å². The van der Waals surface area contributed by atoms with E-state index < -0.39 is 52.8 Å². The minimum absolute atomic E-state index is 0.0125. The third-order valence-electron chi connectivity index (χ3n) is 8.39. The molecule has 40 heavy (non-hydrogen) atoms. The highest BCUT2D eigenvalue weighted by Gasteiger charge is 2.53. The van der Waals surface area contributed by atoms with Crippen molar-refractivity contribution in [2.75, 3.05) is 11.9 Å². The summed E-state index contributed by atoms with van der Waals surface area (Å²) in [5, 5.41) is 3.02. The van der Waals surface area contributed by atoms with E-state index in [1.165, 1.54) is 11.5 Å². The third-order valence-corrected chi connectivity index (χ3v) is 17.4. The molecule has 1 aromatic carbocycles. The Balaban J connectivity index is 2.00. The van der Waals surface area contributed by atoms with Crippen LogP contribution in [0.5, 0.6) is 0 Å². The van der Waals surface area contributed by atoms with Crippen LogP contribution in [0.2, 0.25) is 36.3 Å². The zero-order valence-electron chi connectivity index (χ0n) is 25.9. The Bertz CT molecular complexity index is 1220. The number of para-hydroxylation sites is 1. The summed E-state index contributed by atoms with van der Waals surface area (Å²) < 4.78 is 27.1. The number of ether oxygens (including phenoxy) is 2. The topological polar surface area (TPSA) is 101 Å². The molecule has 0 bridgehead atoms. The first-order valence-electron chi connectivity index (χ1n) is 13.9. The lowest BCUT2D eigenvalue weighted by molar-refractivity contribution is -0.153. The number of hydrogen-bond acceptors (Lipinski definition) is 8. The van der Waals surface area contributed by atoms with Crippen LogP contribution < -0.4 is 11.0 Å². The van der Waals surface area contributed by atoms with Crippen molar-refractivity contribution in [3.8, 4) is 0 Å². The molecule has 11 heteroatoms. The molecule has 0 unspecified atom stereocenters. The fourth-order valence-electron chi connectivity index (χ4n) is 3.89. The van der Waals surface area contributed by atoms with Gasteiger partial charge in [-0.25, -0.2) is 4.79 Å². The van der Waals surface area contributed by atoms with E-state index in [9.17, 15) is 9.59 Å². The van der Waals surface area contributed by atoms with Gasteiger partial charge in [0.2, 0.25) is 0 Å². The molecule has 0 radical (unpaired) electrons. The maximum Gasteiger partial charge on any atom is 0.351 e. The Labute approximate surface area is 240 Å². The number of anilines is 2. The van der Waals surface area contributed by atoms with Gasteiger partial charge >= 0.3 is 11.7 Å². The highest BCUT2D eigenvalue weighted by atomic mass is 28.4. The smallest absolute Gasteiger partial charge is 0.351 e. The van der Waals surface area contributed by atoms with Crippen LogP contribution in [-0.2, 0) is 23.1 Å². The van der Waals surface area contributed by atoms with E-state index in [0.717, 1.165) is 5.69 Å². The molecule has 1 saturated heterocycles. The summed E-state index contributed by atoms with van der Waals surface area (Å²) in [7, 11) is -4.53. The van der Waals surface area contributed by atoms with E-state index in [-0.39, 0.29) is 16.7 Å². The fourth-order valence-corrected chi connectivity index (χ4v) is 6.19. The van der Waals surface area contributed by atoms with Crippen LogP contribution >= 0.6 is 0 Å². The van der Waals surface area contributed by atoms with Crippen LogP contribution in [0.4, 0.5) is 11.5 Å². The number of carbonyl (C=O) groups excluding carboxylic acids is 1. The second-order valence-corrected chi connectivity index (χ2v) is 23.1. The molecule has 1 aromatic heterocycles. The summed E-state index contributed by atoms with van der Waals surface area (Å²) in [5.74, 6) is -0.0232. The molecule has 1 aliphatic heterocycles. The second kappa shape index (κ2) is 11.9. The molecule has 2 aromatic rings. The summed E-state index contributed by atoms with van der Waals surface area (Å²) in [6.07, 6.45) is -1.29. The van der Waals surface area contributed by atoms with Gasteiger partial charge in [-0.1, -0.05) is 59.7 Å². The fraction of sp³-hybridized carbons (Fsp3) is 0.621. The summed E-state index contributed by atoms with van der Waals surface area (Å²) in [6, 6.07) is 11.2. The molecule has 222 valence electrons. The lowest BCUT2D eigenvalue weighted by atomic mass is 10.1. The van der Waals surface area contributed by atoms with Gasteiger partial charge in [-0.2, -0.15) is 4.98 Å². The normalized spacial score (nSPS) is 22.3. The van der Waals surface area contributed by atoms with Gasteiger partial charge in [0.05, 0.1) is 6.61 Å². The zero-order chi connectivity index (χ0) is 30.1. The van der Waals surface area contributed by atoms with Crippen molar-refractivity contribution >= 4 is 34.1 Å². The number of hydrogen-bond donors (Lipinski definition) is 1. The van der Waals surface area contributed by atoms with E-state index in [2.05, 4.69) is 78.0 Å². The molecule has 0 saturated carbocycles. The Kier molecular flexibility index (Phi) is 9.57. The van der Waals surface area contributed by atoms with Gasteiger partial charge < -0.3 is 23.6 Å². The predicted octanol–water partition coefficient (Wildman–Crippen LogP) is 6.23. The summed E-state index contributed by atoms with van der Waals surface area (Å²) in [6.45, 7) is 23.1. The molecule has 0 aliphatic carbocycles. The number of rotatable bonds is 9. The Morgan fingerprint density at radius 1 is 0.975 bits per heavy atom. The summed E-state index contributed by atoms with van der Waals surface area (Å²) >= 11 is 0. The molecule has 1 aliphatic rings. The molecule has 4 atom stereocenters. The number of aromatic nitrogens is 2. The third kappa shape index (κ3) is 7.49. The number of nitrogens with one attached hydrogen (secondary N) is 1. The van der Waals surface area contributed by atoms with E-state index >= 15 is 0 Å². The number of benzene rings is 1. The number of nitrogens with zero attached hydrogens (tertiary/aromatic N) is 2. The second-order valence-electron chi connectivity index (χ2n) is 13.5. The van der Waals surface area contributed by atoms with Crippen molar-refractivity contribution in [2.45, 2.75) is 109 Å². The van der Waals surface area contributed by atoms with Gasteiger partial charge in [-0.15, -0.1) is 0 Å². The van der Waals surface area contributed by atoms with Crippen molar-refractivity contribution in [3.05, 3.63) is 53.1 Å². The highest BCUT2D eigenvalue weighted by Crippen LogP contribution is 2.43. The maximum atomic E-state index is 13.4. The van der Waals surface area contributed by atoms with Gasteiger partial charge in [0.15, 0.2) is 29.0 Å².